The van der Waals surface area contributed by atoms with Gasteiger partial charge in [0.25, 0.3) is 0 Å². The van der Waals surface area contributed by atoms with Gasteiger partial charge in [0.2, 0.25) is 0 Å². The minimum Gasteiger partial charge on any atom is -0.302 e. The van der Waals surface area contributed by atoms with Crippen LogP contribution in [0.3, 0.4) is 0 Å². The Morgan fingerprint density at radius 3 is 2.62 bits per heavy atom. The number of rotatable bonds is 2. The topological polar surface area (TPSA) is 37.3 Å². The fraction of sp³-hybridized carbons (Fsp3) is 0.143. The second-order valence-electron chi connectivity index (χ2n) is 2.17. The van der Waals surface area contributed by atoms with Gasteiger partial charge in [-0.15, -0.1) is 11.8 Å². The molecule has 2 nitrogen and oxygen atoms in total. The first-order valence-corrected chi connectivity index (χ1v) is 5.91. The summed E-state index contributed by atoms with van der Waals surface area (Å²) in [6, 6.07) is 2.64. The predicted molar refractivity (Wildman–Crippen MR) is 52.2 cm³/mol. The molecule has 0 spiro atoms. The summed E-state index contributed by atoms with van der Waals surface area (Å²) in [7, 11) is 0. The first-order valence-electron chi connectivity index (χ1n) is 3.20. The molecule has 0 aliphatic rings. The van der Waals surface area contributed by atoms with Crippen molar-refractivity contribution in [1.29, 1.82) is 0 Å². The highest BCUT2D eigenvalue weighted by Crippen LogP contribution is 2.28. The highest BCUT2D eigenvalue weighted by Gasteiger charge is 2.14. The summed E-state index contributed by atoms with van der Waals surface area (Å²) in [5.41, 5.74) is 0. The Morgan fingerprint density at radius 1 is 1.62 bits per heavy atom. The summed E-state index contributed by atoms with van der Waals surface area (Å²) in [5, 5.41) is -0.0230. The third-order valence-corrected chi connectivity index (χ3v) is 3.26. The first-order chi connectivity index (χ1) is 6.06. The van der Waals surface area contributed by atoms with Gasteiger partial charge in [-0.05, 0) is 18.4 Å². The van der Waals surface area contributed by atoms with Crippen molar-refractivity contribution in [2.75, 3.05) is 6.26 Å². The van der Waals surface area contributed by atoms with E-state index in [1.807, 2.05) is 0 Å². The van der Waals surface area contributed by atoms with Crippen molar-refractivity contribution in [2.45, 2.75) is 9.79 Å². The number of thioether (sulfide) groups is 1. The lowest BCUT2D eigenvalue weighted by molar-refractivity contribution is 0.543. The molecule has 0 aliphatic heterocycles. The van der Waals surface area contributed by atoms with Gasteiger partial charge in [-0.3, -0.25) is 0 Å². The second-order valence-corrected chi connectivity index (χ2v) is 4.36. The van der Waals surface area contributed by atoms with Crippen molar-refractivity contribution in [3.8, 4) is 0 Å². The van der Waals surface area contributed by atoms with Crippen LogP contribution in [-0.4, -0.2) is 15.0 Å². The van der Waals surface area contributed by atoms with E-state index in [0.717, 1.165) is 0 Å². The van der Waals surface area contributed by atoms with Crippen LogP contribution in [0.25, 0.3) is 0 Å². The van der Waals surface area contributed by atoms with Crippen molar-refractivity contribution in [3.63, 3.8) is 0 Å². The third kappa shape index (κ3) is 2.43. The molecule has 0 aliphatic carbocycles. The quantitative estimate of drug-likeness (QED) is 0.638. The van der Waals surface area contributed by atoms with E-state index >= 15 is 0 Å². The molecular formula is C7H6ClFO2S2. The van der Waals surface area contributed by atoms with Crippen LogP contribution < -0.4 is 0 Å². The molecule has 13 heavy (non-hydrogen) atoms. The number of halogens is 2. The Kier molecular flexibility index (Phi) is 3.73. The van der Waals surface area contributed by atoms with Crippen LogP contribution in [0.15, 0.2) is 21.9 Å². The van der Waals surface area contributed by atoms with Gasteiger partial charge in [0, 0.05) is 4.90 Å². The molecule has 6 heteroatoms. The zero-order valence-corrected chi connectivity index (χ0v) is 8.97. The molecule has 1 rings (SSSR count). The van der Waals surface area contributed by atoms with Crippen LogP contribution in [0, 0.1) is 5.82 Å². The summed E-state index contributed by atoms with van der Waals surface area (Å²) < 4.78 is 32.4. The SMILES string of the molecule is CSc1cc(F)c(S(=O)O)c(Cl)c1. The van der Waals surface area contributed by atoms with Gasteiger partial charge in [-0.2, -0.15) is 0 Å². The van der Waals surface area contributed by atoms with Crippen LogP contribution in [0.1, 0.15) is 0 Å². The van der Waals surface area contributed by atoms with Crippen molar-refractivity contribution in [3.05, 3.63) is 23.0 Å². The van der Waals surface area contributed by atoms with Gasteiger partial charge >= 0.3 is 0 Å². The summed E-state index contributed by atoms with van der Waals surface area (Å²) in [5.74, 6) is -0.752. The Balaban J connectivity index is 3.31. The van der Waals surface area contributed by atoms with Crippen molar-refractivity contribution >= 4 is 34.4 Å². The maximum absolute atomic E-state index is 13.1. The smallest absolute Gasteiger partial charge is 0.191 e. The molecule has 1 unspecified atom stereocenters. The number of hydrogen-bond acceptors (Lipinski definition) is 2. The molecule has 1 atom stereocenters. The number of hydrogen-bond donors (Lipinski definition) is 1. The Labute approximate surface area is 86.8 Å². The van der Waals surface area contributed by atoms with Crippen molar-refractivity contribution < 1.29 is 13.2 Å². The average Bonchev–Trinajstić information content (AvgIpc) is 2.02. The summed E-state index contributed by atoms with van der Waals surface area (Å²) in [6.45, 7) is 0. The normalized spacial score (nSPS) is 12.9. The van der Waals surface area contributed by atoms with Crippen LogP contribution >= 0.6 is 23.4 Å². The lowest BCUT2D eigenvalue weighted by Gasteiger charge is -2.03. The van der Waals surface area contributed by atoms with Gasteiger partial charge in [-0.25, -0.2) is 8.60 Å². The Hall–Kier alpha value is -0.100. The fourth-order valence-electron chi connectivity index (χ4n) is 0.821. The monoisotopic (exact) mass is 240 g/mol. The van der Waals surface area contributed by atoms with Crippen LogP contribution in [0.5, 0.6) is 0 Å². The maximum Gasteiger partial charge on any atom is 0.191 e. The highest BCUT2D eigenvalue weighted by molar-refractivity contribution is 7.98. The number of benzene rings is 1. The first kappa shape index (κ1) is 11.0. The summed E-state index contributed by atoms with van der Waals surface area (Å²) in [6.07, 6.45) is 1.76. The lowest BCUT2D eigenvalue weighted by atomic mass is 10.3. The zero-order chi connectivity index (χ0) is 10.0. The highest BCUT2D eigenvalue weighted by atomic mass is 35.5. The molecule has 0 saturated heterocycles. The van der Waals surface area contributed by atoms with Crippen LogP contribution in [-0.2, 0) is 11.1 Å². The minimum absolute atomic E-state index is 0.0230. The molecule has 0 fully saturated rings. The molecule has 0 aromatic heterocycles. The van der Waals surface area contributed by atoms with E-state index in [0.29, 0.717) is 4.90 Å². The van der Waals surface area contributed by atoms with Crippen molar-refractivity contribution in [2.24, 2.45) is 0 Å². The summed E-state index contributed by atoms with van der Waals surface area (Å²) >= 11 is 4.54. The standard InChI is InChI=1S/C7H6ClFO2S2/c1-12-4-2-5(8)7(13(10)11)6(9)3-4/h2-3H,1H3,(H,10,11). The van der Waals surface area contributed by atoms with E-state index in [2.05, 4.69) is 0 Å². The lowest BCUT2D eigenvalue weighted by Crippen LogP contribution is -1.95. The average molecular weight is 241 g/mol. The van der Waals surface area contributed by atoms with E-state index in [1.54, 1.807) is 6.26 Å². The molecule has 0 bridgehead atoms. The van der Waals surface area contributed by atoms with E-state index < -0.39 is 16.9 Å². The maximum atomic E-state index is 13.1. The molecule has 0 saturated carbocycles. The predicted octanol–water partition coefficient (Wildman–Crippen LogP) is 2.78. The Morgan fingerprint density at radius 2 is 2.23 bits per heavy atom. The molecule has 0 heterocycles. The van der Waals surface area contributed by atoms with E-state index in [9.17, 15) is 8.60 Å². The zero-order valence-electron chi connectivity index (χ0n) is 6.58. The van der Waals surface area contributed by atoms with E-state index in [-0.39, 0.29) is 9.92 Å². The third-order valence-electron chi connectivity index (χ3n) is 1.38. The van der Waals surface area contributed by atoms with Gasteiger partial charge < -0.3 is 4.55 Å². The van der Waals surface area contributed by atoms with Gasteiger partial charge in [0.15, 0.2) is 11.1 Å². The summed E-state index contributed by atoms with van der Waals surface area (Å²) in [4.78, 5) is 0.260. The molecule has 0 amide bonds. The van der Waals surface area contributed by atoms with E-state index in [4.69, 9.17) is 16.2 Å². The molecule has 1 N–H and O–H groups in total. The molecular weight excluding hydrogens is 235 g/mol. The Bertz CT molecular complexity index is 333. The largest absolute Gasteiger partial charge is 0.302 e. The molecule has 1 aromatic carbocycles. The van der Waals surface area contributed by atoms with Crippen LogP contribution in [0.4, 0.5) is 4.39 Å². The second kappa shape index (κ2) is 4.41. The molecule has 0 radical (unpaired) electrons. The van der Waals surface area contributed by atoms with Crippen LogP contribution in [0.2, 0.25) is 5.02 Å². The van der Waals surface area contributed by atoms with E-state index in [1.165, 1.54) is 23.9 Å². The molecule has 72 valence electrons. The van der Waals surface area contributed by atoms with Gasteiger partial charge in [0.05, 0.1) is 5.02 Å². The van der Waals surface area contributed by atoms with Gasteiger partial charge in [-0.1, -0.05) is 11.6 Å². The van der Waals surface area contributed by atoms with Gasteiger partial charge in [0.1, 0.15) is 10.7 Å². The van der Waals surface area contributed by atoms with Crippen molar-refractivity contribution in [1.82, 2.24) is 0 Å². The minimum atomic E-state index is -2.38. The molecule has 1 aromatic rings. The fourth-order valence-corrected chi connectivity index (χ4v) is 2.20.